The zero-order chi connectivity index (χ0) is 19.5. The van der Waals surface area contributed by atoms with Crippen molar-refractivity contribution in [2.75, 3.05) is 5.32 Å². The number of urea groups is 1. The van der Waals surface area contributed by atoms with Crippen molar-refractivity contribution >= 4 is 41.4 Å². The summed E-state index contributed by atoms with van der Waals surface area (Å²) in [4.78, 5) is 18.7. The van der Waals surface area contributed by atoms with E-state index in [4.69, 9.17) is 0 Å². The SMILES string of the molecule is C[Se]c1ccccc1S(=O)(=O)NC(=O)Nc1nc(C)cc(C(F)(F)F)n1. The summed E-state index contributed by atoms with van der Waals surface area (Å²) in [6.45, 7) is 1.29. The molecule has 7 nitrogen and oxygen atoms in total. The van der Waals surface area contributed by atoms with Gasteiger partial charge in [0.1, 0.15) is 0 Å². The molecule has 0 saturated heterocycles. The van der Waals surface area contributed by atoms with Crippen molar-refractivity contribution in [3.8, 4) is 0 Å². The van der Waals surface area contributed by atoms with E-state index in [1.54, 1.807) is 22.7 Å². The van der Waals surface area contributed by atoms with Gasteiger partial charge in [-0.15, -0.1) is 0 Å². The monoisotopic (exact) mass is 454 g/mol. The molecular formula is C14H13F3N4O3SSe. The van der Waals surface area contributed by atoms with Crippen molar-refractivity contribution in [2.24, 2.45) is 0 Å². The number of carbonyl (C=O) groups is 1. The minimum absolute atomic E-state index is 0.0375. The van der Waals surface area contributed by atoms with Gasteiger partial charge in [0.05, 0.1) is 0 Å². The summed E-state index contributed by atoms with van der Waals surface area (Å²) in [6.07, 6.45) is -4.73. The Morgan fingerprint density at radius 3 is 2.46 bits per heavy atom. The average molecular weight is 453 g/mol. The summed E-state index contributed by atoms with van der Waals surface area (Å²) in [5.74, 6) is 1.15. The van der Waals surface area contributed by atoms with Crippen LogP contribution in [0.5, 0.6) is 0 Å². The number of aromatic nitrogens is 2. The number of alkyl halides is 3. The fourth-order valence-electron chi connectivity index (χ4n) is 1.91. The third-order valence-electron chi connectivity index (χ3n) is 2.96. The predicted octanol–water partition coefficient (Wildman–Crippen LogP) is 1.69. The fraction of sp³-hybridized carbons (Fsp3) is 0.214. The Morgan fingerprint density at radius 1 is 1.19 bits per heavy atom. The second-order valence-electron chi connectivity index (χ2n) is 4.93. The van der Waals surface area contributed by atoms with E-state index in [2.05, 4.69) is 9.97 Å². The number of hydrogen-bond acceptors (Lipinski definition) is 5. The third kappa shape index (κ3) is 4.93. The maximum absolute atomic E-state index is 12.7. The Hall–Kier alpha value is -2.17. The van der Waals surface area contributed by atoms with Gasteiger partial charge < -0.3 is 0 Å². The van der Waals surface area contributed by atoms with Gasteiger partial charge in [0.2, 0.25) is 0 Å². The number of halogens is 3. The van der Waals surface area contributed by atoms with Crippen LogP contribution in [0.15, 0.2) is 35.2 Å². The Balaban J connectivity index is 2.22. The first-order chi connectivity index (χ1) is 12.0. The molecule has 0 spiro atoms. The first kappa shape index (κ1) is 20.1. The molecule has 0 aliphatic carbocycles. The van der Waals surface area contributed by atoms with Gasteiger partial charge in [0.15, 0.2) is 0 Å². The summed E-state index contributed by atoms with van der Waals surface area (Å²) < 4.78 is 65.2. The van der Waals surface area contributed by atoms with Crippen LogP contribution in [0.4, 0.5) is 23.9 Å². The number of aryl methyl sites for hydroxylation is 1. The summed E-state index contributed by atoms with van der Waals surface area (Å²) in [7, 11) is -4.20. The third-order valence-corrected chi connectivity index (χ3v) is 6.31. The van der Waals surface area contributed by atoms with Gasteiger partial charge in [-0.25, -0.2) is 0 Å². The second kappa shape index (κ2) is 7.60. The molecule has 0 bridgehead atoms. The quantitative estimate of drug-likeness (QED) is 0.687. The molecule has 2 aromatic rings. The number of sulfonamides is 1. The number of anilines is 1. The van der Waals surface area contributed by atoms with Crippen molar-refractivity contribution in [1.29, 1.82) is 0 Å². The van der Waals surface area contributed by atoms with Crippen LogP contribution in [0, 0.1) is 6.92 Å². The Bertz CT molecular complexity index is 935. The molecule has 2 N–H and O–H groups in total. The molecule has 0 aliphatic rings. The van der Waals surface area contributed by atoms with Gasteiger partial charge in [-0.2, -0.15) is 0 Å². The topological polar surface area (TPSA) is 101 Å². The van der Waals surface area contributed by atoms with Gasteiger partial charge in [-0.05, 0) is 0 Å². The molecule has 1 aromatic carbocycles. The average Bonchev–Trinajstić information content (AvgIpc) is 2.52. The molecule has 140 valence electrons. The van der Waals surface area contributed by atoms with E-state index in [0.29, 0.717) is 10.5 Å². The van der Waals surface area contributed by atoms with E-state index in [1.807, 2.05) is 5.32 Å². The first-order valence-electron chi connectivity index (χ1n) is 6.92. The van der Waals surface area contributed by atoms with E-state index < -0.39 is 33.9 Å². The van der Waals surface area contributed by atoms with Gasteiger partial charge in [-0.3, -0.25) is 0 Å². The van der Waals surface area contributed by atoms with Crippen molar-refractivity contribution in [3.05, 3.63) is 41.7 Å². The van der Waals surface area contributed by atoms with Crippen LogP contribution < -0.4 is 14.5 Å². The zero-order valence-electron chi connectivity index (χ0n) is 13.5. The molecule has 0 fully saturated rings. The zero-order valence-corrected chi connectivity index (χ0v) is 16.0. The molecule has 0 radical (unpaired) electrons. The number of benzene rings is 1. The summed E-state index contributed by atoms with van der Waals surface area (Å²) in [5.41, 5.74) is -1.29. The van der Waals surface area contributed by atoms with E-state index >= 15 is 0 Å². The second-order valence-corrected chi connectivity index (χ2v) is 8.36. The van der Waals surface area contributed by atoms with Crippen molar-refractivity contribution in [3.63, 3.8) is 0 Å². The van der Waals surface area contributed by atoms with Crippen LogP contribution in [0.25, 0.3) is 0 Å². The van der Waals surface area contributed by atoms with E-state index in [0.717, 1.165) is 0 Å². The van der Waals surface area contributed by atoms with Gasteiger partial charge >= 0.3 is 153 Å². The number of amides is 2. The van der Waals surface area contributed by atoms with E-state index in [1.165, 1.54) is 19.1 Å². The van der Waals surface area contributed by atoms with Crippen molar-refractivity contribution < 1.29 is 26.4 Å². The molecule has 26 heavy (non-hydrogen) atoms. The Kier molecular flexibility index (Phi) is 5.89. The van der Waals surface area contributed by atoms with Crippen LogP contribution in [0.2, 0.25) is 5.82 Å². The number of hydrogen-bond donors (Lipinski definition) is 2. The Morgan fingerprint density at radius 2 is 1.85 bits per heavy atom. The molecule has 2 amide bonds. The minimum atomic E-state index is -4.73. The summed E-state index contributed by atoms with van der Waals surface area (Å²) in [5, 5.41) is 1.91. The Labute approximate surface area is 153 Å². The van der Waals surface area contributed by atoms with Crippen molar-refractivity contribution in [2.45, 2.75) is 23.8 Å². The first-order valence-corrected chi connectivity index (χ1v) is 11.0. The number of rotatable bonds is 4. The molecule has 1 heterocycles. The molecule has 2 rings (SSSR count). The summed E-state index contributed by atoms with van der Waals surface area (Å²) >= 11 is -0.150. The molecule has 0 atom stereocenters. The molecule has 1 aromatic heterocycles. The summed E-state index contributed by atoms with van der Waals surface area (Å²) in [6, 6.07) is 5.56. The van der Waals surface area contributed by atoms with Crippen LogP contribution in [-0.4, -0.2) is 39.4 Å². The van der Waals surface area contributed by atoms with E-state index in [9.17, 15) is 26.4 Å². The number of nitrogens with one attached hydrogen (secondary N) is 2. The van der Waals surface area contributed by atoms with Gasteiger partial charge in [-0.1, -0.05) is 0 Å². The van der Waals surface area contributed by atoms with Crippen molar-refractivity contribution in [1.82, 2.24) is 14.7 Å². The molecule has 0 unspecified atom stereocenters. The van der Waals surface area contributed by atoms with Crippen LogP contribution >= 0.6 is 0 Å². The van der Waals surface area contributed by atoms with E-state index in [-0.39, 0.29) is 25.5 Å². The van der Waals surface area contributed by atoms with Gasteiger partial charge in [0.25, 0.3) is 0 Å². The maximum atomic E-state index is 12.7. The van der Waals surface area contributed by atoms with Crippen LogP contribution in [0.1, 0.15) is 11.4 Å². The van der Waals surface area contributed by atoms with Gasteiger partial charge in [0, 0.05) is 0 Å². The number of nitrogens with zero attached hydrogens (tertiary/aromatic N) is 2. The van der Waals surface area contributed by atoms with Crippen LogP contribution in [-0.2, 0) is 16.2 Å². The normalized spacial score (nSPS) is 11.9. The molecule has 0 saturated carbocycles. The molecular weight excluding hydrogens is 440 g/mol. The molecule has 0 aliphatic heterocycles. The van der Waals surface area contributed by atoms with Crippen LogP contribution in [0.3, 0.4) is 0 Å². The fourth-order valence-corrected chi connectivity index (χ4v) is 5.05. The number of carbonyl (C=O) groups excluding carboxylic acids is 1. The molecule has 12 heteroatoms. The predicted molar refractivity (Wildman–Crippen MR) is 88.8 cm³/mol. The standard InChI is InChI=1S/C14H13F3N4O3SSe/c1-8-7-11(14(15,16)17)19-12(18-8)20-13(22)21-25(23,24)9-5-3-4-6-10(9)26-2/h3-7H,1-2H3,(H2,18,19,20,21,22).